The Morgan fingerprint density at radius 3 is 1.42 bits per heavy atom. The Hall–Kier alpha value is -1.74. The first-order valence-corrected chi connectivity index (χ1v) is 6.61. The molecule has 0 aromatic rings. The van der Waals surface area contributed by atoms with Crippen molar-refractivity contribution in [1.82, 2.24) is 0 Å². The van der Waals surface area contributed by atoms with Gasteiger partial charge in [0.25, 0.3) is 5.60 Å². The third-order valence-electron chi connectivity index (χ3n) is 3.27. The largest absolute Gasteiger partial charge is 0.444 e. The molecule has 0 atom stereocenters. The summed E-state index contributed by atoms with van der Waals surface area (Å²) < 4.78 is 84.8. The average Bonchev–Trinajstić information content (AvgIpc) is 2.33. The summed E-state index contributed by atoms with van der Waals surface area (Å²) in [5.74, 6) is -3.03. The second kappa shape index (κ2) is 6.64. The standard InChI is InChI=1S/C14H18F6O4/c1-7(2)8(3)9(21)23-11(4,5)10(22)24-12(6,13(15,16)17)14(18,19)20/h1-6H3. The molecule has 0 aromatic carbocycles. The lowest BCUT2D eigenvalue weighted by molar-refractivity contribution is -0.365. The predicted octanol–water partition coefficient (Wildman–Crippen LogP) is 4.09. The molecule has 10 heteroatoms. The monoisotopic (exact) mass is 364 g/mol. The molecule has 0 aromatic heterocycles. The van der Waals surface area contributed by atoms with E-state index >= 15 is 0 Å². The van der Waals surface area contributed by atoms with E-state index in [4.69, 9.17) is 0 Å². The van der Waals surface area contributed by atoms with Gasteiger partial charge in [-0.15, -0.1) is 0 Å². The molecule has 0 saturated carbocycles. The van der Waals surface area contributed by atoms with Gasteiger partial charge < -0.3 is 9.47 Å². The van der Waals surface area contributed by atoms with Crippen LogP contribution in [0.3, 0.4) is 0 Å². The van der Waals surface area contributed by atoms with E-state index < -0.39 is 35.5 Å². The van der Waals surface area contributed by atoms with Crippen LogP contribution in [0.4, 0.5) is 26.3 Å². The average molecular weight is 364 g/mol. The van der Waals surface area contributed by atoms with Crippen LogP contribution >= 0.6 is 0 Å². The first kappa shape index (κ1) is 22.3. The second-order valence-corrected chi connectivity index (χ2v) is 5.94. The van der Waals surface area contributed by atoms with Crippen molar-refractivity contribution in [3.63, 3.8) is 0 Å². The number of carbonyl (C=O) groups excluding carboxylic acids is 2. The number of halogens is 6. The van der Waals surface area contributed by atoms with Crippen LogP contribution in [0.5, 0.6) is 0 Å². The van der Waals surface area contributed by atoms with Crippen LogP contribution in [-0.2, 0) is 19.1 Å². The Bertz CT molecular complexity index is 524. The minimum atomic E-state index is -5.91. The second-order valence-electron chi connectivity index (χ2n) is 5.94. The zero-order valence-electron chi connectivity index (χ0n) is 13.9. The van der Waals surface area contributed by atoms with Crippen molar-refractivity contribution >= 4 is 11.9 Å². The summed E-state index contributed by atoms with van der Waals surface area (Å²) in [5, 5.41) is 0. The van der Waals surface area contributed by atoms with E-state index in [-0.39, 0.29) is 12.5 Å². The number of hydrogen-bond donors (Lipinski definition) is 0. The van der Waals surface area contributed by atoms with E-state index in [1.54, 1.807) is 0 Å². The summed E-state index contributed by atoms with van der Waals surface area (Å²) in [5.41, 5.74) is -6.53. The smallest absolute Gasteiger partial charge is 0.437 e. The molecule has 0 spiro atoms. The molecule has 24 heavy (non-hydrogen) atoms. The fraction of sp³-hybridized carbons (Fsp3) is 0.714. The highest BCUT2D eigenvalue weighted by molar-refractivity contribution is 5.91. The zero-order chi connectivity index (χ0) is 19.7. The molecule has 0 aliphatic heterocycles. The van der Waals surface area contributed by atoms with Crippen LogP contribution < -0.4 is 0 Å². The quantitative estimate of drug-likeness (QED) is 0.428. The summed E-state index contributed by atoms with van der Waals surface area (Å²) in [6, 6.07) is 0. The van der Waals surface area contributed by atoms with Crippen molar-refractivity contribution in [3.05, 3.63) is 11.1 Å². The fourth-order valence-corrected chi connectivity index (χ4v) is 1.14. The number of ether oxygens (including phenoxy) is 2. The predicted molar refractivity (Wildman–Crippen MR) is 70.8 cm³/mol. The molecule has 140 valence electrons. The Morgan fingerprint density at radius 2 is 1.12 bits per heavy atom. The van der Waals surface area contributed by atoms with Crippen LogP contribution in [-0.4, -0.2) is 35.5 Å². The van der Waals surface area contributed by atoms with Crippen molar-refractivity contribution in [1.29, 1.82) is 0 Å². The molecule has 0 aliphatic carbocycles. The number of carbonyl (C=O) groups is 2. The highest BCUT2D eigenvalue weighted by Gasteiger charge is 2.71. The molecule has 0 radical (unpaired) electrons. The maximum absolute atomic E-state index is 12.7. The van der Waals surface area contributed by atoms with Crippen LogP contribution in [0.25, 0.3) is 0 Å². The number of esters is 2. The zero-order valence-corrected chi connectivity index (χ0v) is 13.9. The van der Waals surface area contributed by atoms with Crippen molar-refractivity contribution in [2.75, 3.05) is 0 Å². The summed E-state index contributed by atoms with van der Waals surface area (Å²) >= 11 is 0. The van der Waals surface area contributed by atoms with Gasteiger partial charge in [0.05, 0.1) is 0 Å². The molecular weight excluding hydrogens is 346 g/mol. The molecule has 0 fully saturated rings. The van der Waals surface area contributed by atoms with Gasteiger partial charge in [-0.05, 0) is 41.5 Å². The van der Waals surface area contributed by atoms with Crippen molar-refractivity contribution < 1.29 is 45.4 Å². The van der Waals surface area contributed by atoms with Crippen LogP contribution in [0.2, 0.25) is 0 Å². The van der Waals surface area contributed by atoms with Gasteiger partial charge in [0.15, 0.2) is 0 Å². The van der Waals surface area contributed by atoms with Crippen LogP contribution in [0, 0.1) is 0 Å². The van der Waals surface area contributed by atoms with Gasteiger partial charge in [0.1, 0.15) is 0 Å². The van der Waals surface area contributed by atoms with Gasteiger partial charge >= 0.3 is 24.3 Å². The van der Waals surface area contributed by atoms with Gasteiger partial charge in [0.2, 0.25) is 5.60 Å². The summed E-state index contributed by atoms with van der Waals surface area (Å²) in [6.45, 7) is 5.74. The van der Waals surface area contributed by atoms with Gasteiger partial charge in [-0.25, -0.2) is 9.59 Å². The highest BCUT2D eigenvalue weighted by Crippen LogP contribution is 2.46. The number of rotatable bonds is 4. The first-order valence-electron chi connectivity index (χ1n) is 6.61. The van der Waals surface area contributed by atoms with Crippen molar-refractivity contribution in [3.8, 4) is 0 Å². The van der Waals surface area contributed by atoms with Crippen molar-refractivity contribution in [2.45, 2.75) is 65.1 Å². The molecule has 0 N–H and O–H groups in total. The molecule has 0 unspecified atom stereocenters. The number of alkyl halides is 6. The fourth-order valence-electron chi connectivity index (χ4n) is 1.14. The van der Waals surface area contributed by atoms with E-state index in [9.17, 15) is 35.9 Å². The van der Waals surface area contributed by atoms with E-state index in [1.807, 2.05) is 0 Å². The molecule has 0 rings (SSSR count). The van der Waals surface area contributed by atoms with Crippen molar-refractivity contribution in [2.24, 2.45) is 0 Å². The molecule has 0 heterocycles. The van der Waals surface area contributed by atoms with Gasteiger partial charge in [0, 0.05) is 5.57 Å². The number of hydrogen-bond acceptors (Lipinski definition) is 4. The Kier molecular flexibility index (Phi) is 6.16. The van der Waals surface area contributed by atoms with Crippen LogP contribution in [0.15, 0.2) is 11.1 Å². The third kappa shape index (κ3) is 4.64. The molecular formula is C14H18F6O4. The van der Waals surface area contributed by atoms with Gasteiger partial charge in [-0.2, -0.15) is 26.3 Å². The summed E-state index contributed by atoms with van der Waals surface area (Å²) in [7, 11) is 0. The van der Waals surface area contributed by atoms with E-state index in [0.717, 1.165) is 13.8 Å². The Labute approximate surface area is 134 Å². The minimum absolute atomic E-state index is 0.0604. The molecule has 0 amide bonds. The first-order chi connectivity index (χ1) is 10.4. The molecule has 0 bridgehead atoms. The molecule has 4 nitrogen and oxygen atoms in total. The van der Waals surface area contributed by atoms with Crippen LogP contribution in [0.1, 0.15) is 41.5 Å². The lowest BCUT2D eigenvalue weighted by Crippen LogP contribution is -2.59. The summed E-state index contributed by atoms with van der Waals surface area (Å²) in [4.78, 5) is 23.5. The maximum Gasteiger partial charge on any atom is 0.437 e. The number of allylic oxidation sites excluding steroid dienone is 1. The normalized spacial score (nSPS) is 13.3. The van der Waals surface area contributed by atoms with E-state index in [2.05, 4.69) is 9.47 Å². The van der Waals surface area contributed by atoms with Gasteiger partial charge in [-0.3, -0.25) is 0 Å². The topological polar surface area (TPSA) is 52.6 Å². The molecule has 0 aliphatic rings. The van der Waals surface area contributed by atoms with E-state index in [0.29, 0.717) is 5.57 Å². The molecule has 0 saturated heterocycles. The van der Waals surface area contributed by atoms with Gasteiger partial charge in [-0.1, -0.05) is 5.57 Å². The van der Waals surface area contributed by atoms with E-state index in [1.165, 1.54) is 20.8 Å². The maximum atomic E-state index is 12.7. The Morgan fingerprint density at radius 1 is 0.750 bits per heavy atom. The lowest BCUT2D eigenvalue weighted by atomic mass is 10.0. The highest BCUT2D eigenvalue weighted by atomic mass is 19.4. The Balaban J connectivity index is 5.54. The third-order valence-corrected chi connectivity index (χ3v) is 3.27. The minimum Gasteiger partial charge on any atom is -0.444 e. The lowest BCUT2D eigenvalue weighted by Gasteiger charge is -2.35. The SMILES string of the molecule is CC(C)=C(C)C(=O)OC(C)(C)C(=O)OC(C)(C(F)(F)F)C(F)(F)F. The summed E-state index contributed by atoms with van der Waals surface area (Å²) in [6.07, 6.45) is -11.8.